The molecule has 1 amide bonds. The third kappa shape index (κ3) is 4.34. The van der Waals surface area contributed by atoms with E-state index in [0.29, 0.717) is 12.5 Å². The van der Waals surface area contributed by atoms with Crippen molar-refractivity contribution in [3.05, 3.63) is 24.0 Å². The molecule has 0 radical (unpaired) electrons. The Labute approximate surface area is 126 Å². The molecule has 0 unspecified atom stereocenters. The van der Waals surface area contributed by atoms with E-state index in [1.165, 1.54) is 0 Å². The van der Waals surface area contributed by atoms with Gasteiger partial charge in [-0.2, -0.15) is 0 Å². The maximum absolute atomic E-state index is 12.1. The topological polar surface area (TPSA) is 68.0 Å². The average Bonchev–Trinajstić information content (AvgIpc) is 2.80. The van der Waals surface area contributed by atoms with Gasteiger partial charge in [-0.25, -0.2) is 0 Å². The molecule has 1 saturated carbocycles. The van der Waals surface area contributed by atoms with Gasteiger partial charge in [0.25, 0.3) is 0 Å². The molecule has 1 aromatic rings. The molecule has 0 aromatic carbocycles. The molecule has 19 heavy (non-hydrogen) atoms. The maximum atomic E-state index is 12.1. The first-order valence-corrected chi connectivity index (χ1v) is 6.14. The zero-order chi connectivity index (χ0) is 12.3. The number of hydrogen-bond acceptors (Lipinski definition) is 3. The van der Waals surface area contributed by atoms with Gasteiger partial charge in [-0.3, -0.25) is 9.78 Å². The summed E-state index contributed by atoms with van der Waals surface area (Å²) in [5.41, 5.74) is 7.54. The van der Waals surface area contributed by atoms with Crippen molar-refractivity contribution >= 4 is 36.4 Å². The van der Waals surface area contributed by atoms with Crippen molar-refractivity contribution in [3.63, 3.8) is 0 Å². The van der Waals surface area contributed by atoms with Gasteiger partial charge in [-0.1, -0.05) is 6.42 Å². The number of carbonyl (C=O) groups excluding carboxylic acids is 1. The third-order valence-electron chi connectivity index (χ3n) is 3.58. The van der Waals surface area contributed by atoms with Gasteiger partial charge in [0.05, 0.1) is 0 Å². The van der Waals surface area contributed by atoms with Crippen LogP contribution in [-0.2, 0) is 4.79 Å². The van der Waals surface area contributed by atoms with Crippen LogP contribution in [0.2, 0.25) is 0 Å². The Balaban J connectivity index is 0.00000162. The van der Waals surface area contributed by atoms with E-state index in [-0.39, 0.29) is 36.6 Å². The Bertz CT molecular complexity index is 415. The van der Waals surface area contributed by atoms with Gasteiger partial charge in [-0.15, -0.1) is 24.8 Å². The second kappa shape index (κ2) is 8.35. The number of aromatic nitrogens is 1. The van der Waals surface area contributed by atoms with Gasteiger partial charge in [0, 0.05) is 24.0 Å². The van der Waals surface area contributed by atoms with Crippen LogP contribution in [0.25, 0.3) is 0 Å². The fourth-order valence-corrected chi connectivity index (χ4v) is 2.50. The summed E-state index contributed by atoms with van der Waals surface area (Å²) in [4.78, 5) is 16.2. The molecule has 0 bridgehead atoms. The third-order valence-corrected chi connectivity index (χ3v) is 3.58. The lowest BCUT2D eigenvalue weighted by atomic mass is 9.95. The molecule has 1 heterocycles. The molecular formula is C13H21Cl2N3O. The molecular weight excluding hydrogens is 285 g/mol. The van der Waals surface area contributed by atoms with Crippen LogP contribution in [0, 0.1) is 18.8 Å². The van der Waals surface area contributed by atoms with E-state index in [1.54, 1.807) is 12.4 Å². The molecule has 1 aromatic heterocycles. The van der Waals surface area contributed by atoms with Crippen LogP contribution in [0.15, 0.2) is 18.5 Å². The van der Waals surface area contributed by atoms with Gasteiger partial charge in [0.2, 0.25) is 5.91 Å². The molecule has 0 spiro atoms. The van der Waals surface area contributed by atoms with E-state index < -0.39 is 0 Å². The minimum atomic E-state index is 0. The monoisotopic (exact) mass is 305 g/mol. The molecule has 4 nitrogen and oxygen atoms in total. The molecule has 1 aliphatic rings. The number of nitrogens with two attached hydrogens (primary N) is 1. The molecule has 3 N–H and O–H groups in total. The Morgan fingerprint density at radius 1 is 1.47 bits per heavy atom. The van der Waals surface area contributed by atoms with E-state index in [2.05, 4.69) is 10.3 Å². The molecule has 0 saturated heterocycles. The van der Waals surface area contributed by atoms with E-state index in [1.807, 2.05) is 13.0 Å². The van der Waals surface area contributed by atoms with Gasteiger partial charge in [-0.05, 0) is 43.9 Å². The van der Waals surface area contributed by atoms with Crippen LogP contribution in [0.3, 0.4) is 0 Å². The predicted molar refractivity (Wildman–Crippen MR) is 82.0 cm³/mol. The highest BCUT2D eigenvalue weighted by atomic mass is 35.5. The second-order valence-electron chi connectivity index (χ2n) is 4.71. The summed E-state index contributed by atoms with van der Waals surface area (Å²) in [6.45, 7) is 2.55. The van der Waals surface area contributed by atoms with Crippen molar-refractivity contribution < 1.29 is 4.79 Å². The highest BCUT2D eigenvalue weighted by Crippen LogP contribution is 2.32. The normalized spacial score (nSPS) is 21.2. The second-order valence-corrected chi connectivity index (χ2v) is 4.71. The number of nitrogens with zero attached hydrogens (tertiary/aromatic N) is 1. The van der Waals surface area contributed by atoms with Crippen molar-refractivity contribution in [1.82, 2.24) is 4.98 Å². The standard InChI is InChI=1S/C13H19N3O.2ClH/c1-9-8-15-6-5-12(9)16-13(17)11-4-2-3-10(11)7-14;;/h5-6,8,10-11H,2-4,7,14H2,1H3,(H,15,16,17);2*1H/t10-,11-;;/m1../s1. The predicted octanol–water partition coefficient (Wildman–Crippen LogP) is 2.55. The first-order valence-electron chi connectivity index (χ1n) is 6.14. The number of hydrogen-bond donors (Lipinski definition) is 2. The molecule has 1 fully saturated rings. The number of carbonyl (C=O) groups is 1. The van der Waals surface area contributed by atoms with Crippen molar-refractivity contribution in [3.8, 4) is 0 Å². The zero-order valence-corrected chi connectivity index (χ0v) is 12.6. The molecule has 1 aliphatic carbocycles. The molecule has 2 rings (SSSR count). The van der Waals surface area contributed by atoms with Crippen molar-refractivity contribution in [1.29, 1.82) is 0 Å². The minimum absolute atomic E-state index is 0. The number of pyridine rings is 1. The number of aryl methyl sites for hydroxylation is 1. The Hall–Kier alpha value is -0.840. The van der Waals surface area contributed by atoms with Crippen LogP contribution in [0.5, 0.6) is 0 Å². The summed E-state index contributed by atoms with van der Waals surface area (Å²) in [5.74, 6) is 0.525. The summed E-state index contributed by atoms with van der Waals surface area (Å²) in [6.07, 6.45) is 6.58. The number of anilines is 1. The SMILES string of the molecule is Cc1cnccc1NC(=O)[C@@H]1CCC[C@@H]1CN.Cl.Cl. The minimum Gasteiger partial charge on any atom is -0.330 e. The average molecular weight is 306 g/mol. The highest BCUT2D eigenvalue weighted by Gasteiger charge is 2.31. The quantitative estimate of drug-likeness (QED) is 0.902. The van der Waals surface area contributed by atoms with E-state index in [0.717, 1.165) is 30.5 Å². The van der Waals surface area contributed by atoms with Gasteiger partial charge in [0.15, 0.2) is 0 Å². The number of amides is 1. The number of halogens is 2. The lowest BCUT2D eigenvalue weighted by molar-refractivity contribution is -0.120. The van der Waals surface area contributed by atoms with Gasteiger partial charge >= 0.3 is 0 Å². The Morgan fingerprint density at radius 3 is 2.84 bits per heavy atom. The number of rotatable bonds is 3. The number of nitrogens with one attached hydrogen (secondary N) is 1. The molecule has 0 aliphatic heterocycles. The van der Waals surface area contributed by atoms with E-state index in [9.17, 15) is 4.79 Å². The van der Waals surface area contributed by atoms with E-state index in [4.69, 9.17) is 5.73 Å². The molecule has 2 atom stereocenters. The summed E-state index contributed by atoms with van der Waals surface area (Å²) in [5, 5.41) is 2.98. The summed E-state index contributed by atoms with van der Waals surface area (Å²) in [6, 6.07) is 1.83. The van der Waals surface area contributed by atoms with Crippen molar-refractivity contribution in [2.45, 2.75) is 26.2 Å². The van der Waals surface area contributed by atoms with Crippen LogP contribution >= 0.6 is 24.8 Å². The Morgan fingerprint density at radius 2 is 2.21 bits per heavy atom. The van der Waals surface area contributed by atoms with Crippen LogP contribution in [-0.4, -0.2) is 17.4 Å². The first kappa shape index (κ1) is 18.2. The van der Waals surface area contributed by atoms with Crippen molar-refractivity contribution in [2.24, 2.45) is 17.6 Å². The molecule has 108 valence electrons. The smallest absolute Gasteiger partial charge is 0.227 e. The van der Waals surface area contributed by atoms with Crippen molar-refractivity contribution in [2.75, 3.05) is 11.9 Å². The van der Waals surface area contributed by atoms with Gasteiger partial charge in [0.1, 0.15) is 0 Å². The van der Waals surface area contributed by atoms with Crippen LogP contribution in [0.1, 0.15) is 24.8 Å². The first-order chi connectivity index (χ1) is 8.22. The van der Waals surface area contributed by atoms with Gasteiger partial charge < -0.3 is 11.1 Å². The fraction of sp³-hybridized carbons (Fsp3) is 0.538. The van der Waals surface area contributed by atoms with Crippen LogP contribution in [0.4, 0.5) is 5.69 Å². The van der Waals surface area contributed by atoms with Crippen LogP contribution < -0.4 is 11.1 Å². The van der Waals surface area contributed by atoms with E-state index >= 15 is 0 Å². The lowest BCUT2D eigenvalue weighted by Gasteiger charge is -2.18. The highest BCUT2D eigenvalue weighted by molar-refractivity contribution is 5.93. The lowest BCUT2D eigenvalue weighted by Crippen LogP contribution is -2.29. The summed E-state index contributed by atoms with van der Waals surface area (Å²) < 4.78 is 0. The Kier molecular flexibility index (Phi) is 7.99. The maximum Gasteiger partial charge on any atom is 0.227 e. The molecule has 6 heteroatoms. The summed E-state index contributed by atoms with van der Waals surface area (Å²) in [7, 11) is 0. The zero-order valence-electron chi connectivity index (χ0n) is 11.0. The summed E-state index contributed by atoms with van der Waals surface area (Å²) >= 11 is 0. The fourth-order valence-electron chi connectivity index (χ4n) is 2.50. The largest absolute Gasteiger partial charge is 0.330 e.